The van der Waals surface area contributed by atoms with Crippen LogP contribution in [-0.4, -0.2) is 19.8 Å². The summed E-state index contributed by atoms with van der Waals surface area (Å²) in [6, 6.07) is 3.34. The monoisotopic (exact) mass is 267 g/mol. The fraction of sp³-hybridized carbons (Fsp3) is 0.286. The fourth-order valence-corrected chi connectivity index (χ4v) is 1.53. The van der Waals surface area contributed by atoms with E-state index in [9.17, 15) is 4.79 Å². The van der Waals surface area contributed by atoms with E-state index in [1.54, 1.807) is 19.1 Å². The largest absolute Gasteiger partial charge is 0.465 e. The van der Waals surface area contributed by atoms with Gasteiger partial charge in [-0.3, -0.25) is 4.99 Å². The molecule has 1 aromatic rings. The molecule has 0 radical (unpaired) electrons. The van der Waals surface area contributed by atoms with Crippen LogP contribution in [0.2, 0.25) is 0 Å². The number of methoxy groups -OCH3 is 1. The van der Waals surface area contributed by atoms with Gasteiger partial charge in [-0.25, -0.2) is 4.79 Å². The first-order valence-electron chi connectivity index (χ1n) is 5.55. The molecule has 0 spiro atoms. The molecule has 0 unspecified atom stereocenters. The number of hydrogen-bond donors (Lipinski definition) is 0. The van der Waals surface area contributed by atoms with Gasteiger partial charge >= 0.3 is 5.97 Å². The number of aryl methyl sites for hydroxylation is 1. The van der Waals surface area contributed by atoms with Gasteiger partial charge in [-0.05, 0) is 31.3 Å². The SMILES string of the molecule is C=Nc1cc(C(=O)OC)c(C)cc1C(=C)Cl.CC. The highest BCUT2D eigenvalue weighted by molar-refractivity contribution is 6.48. The topological polar surface area (TPSA) is 38.7 Å². The summed E-state index contributed by atoms with van der Waals surface area (Å²) in [5.41, 5.74) is 2.40. The summed E-state index contributed by atoms with van der Waals surface area (Å²) < 4.78 is 4.66. The van der Waals surface area contributed by atoms with Crippen LogP contribution in [0.4, 0.5) is 5.69 Å². The summed E-state index contributed by atoms with van der Waals surface area (Å²) in [4.78, 5) is 15.3. The Kier molecular flexibility index (Phi) is 6.98. The number of rotatable bonds is 3. The van der Waals surface area contributed by atoms with E-state index >= 15 is 0 Å². The lowest BCUT2D eigenvalue weighted by Gasteiger charge is -2.09. The van der Waals surface area contributed by atoms with Crippen molar-refractivity contribution < 1.29 is 9.53 Å². The average Bonchev–Trinajstić information content (AvgIpc) is 2.39. The molecule has 98 valence electrons. The van der Waals surface area contributed by atoms with Gasteiger partial charge in [0.25, 0.3) is 0 Å². The van der Waals surface area contributed by atoms with E-state index in [0.29, 0.717) is 21.8 Å². The van der Waals surface area contributed by atoms with E-state index in [4.69, 9.17) is 11.6 Å². The van der Waals surface area contributed by atoms with Crippen LogP contribution in [0.25, 0.3) is 5.03 Å². The van der Waals surface area contributed by atoms with Gasteiger partial charge in [0.2, 0.25) is 0 Å². The van der Waals surface area contributed by atoms with Crippen LogP contribution >= 0.6 is 11.6 Å². The Balaban J connectivity index is 0.00000137. The highest BCUT2D eigenvalue weighted by Crippen LogP contribution is 2.30. The molecule has 0 heterocycles. The first-order valence-corrected chi connectivity index (χ1v) is 5.93. The van der Waals surface area contributed by atoms with Crippen molar-refractivity contribution in [1.29, 1.82) is 0 Å². The molecule has 3 nitrogen and oxygen atoms in total. The lowest BCUT2D eigenvalue weighted by molar-refractivity contribution is 0.0600. The van der Waals surface area contributed by atoms with E-state index in [1.165, 1.54) is 7.11 Å². The van der Waals surface area contributed by atoms with Gasteiger partial charge in [-0.2, -0.15) is 0 Å². The molecule has 0 aromatic heterocycles. The van der Waals surface area contributed by atoms with Crippen molar-refractivity contribution in [3.63, 3.8) is 0 Å². The van der Waals surface area contributed by atoms with Crippen molar-refractivity contribution in [2.24, 2.45) is 4.99 Å². The van der Waals surface area contributed by atoms with E-state index in [1.807, 2.05) is 13.8 Å². The molecular formula is C14H18ClNO2. The van der Waals surface area contributed by atoms with E-state index < -0.39 is 5.97 Å². The van der Waals surface area contributed by atoms with E-state index in [-0.39, 0.29) is 0 Å². The maximum absolute atomic E-state index is 11.4. The predicted octanol–water partition coefficient (Wildman–Crippen LogP) is 4.35. The molecule has 18 heavy (non-hydrogen) atoms. The maximum Gasteiger partial charge on any atom is 0.338 e. The molecule has 0 amide bonds. The molecule has 0 saturated carbocycles. The Hall–Kier alpha value is -1.61. The normalized spacial score (nSPS) is 8.94. The van der Waals surface area contributed by atoms with Crippen molar-refractivity contribution in [3.05, 3.63) is 35.4 Å². The Morgan fingerprint density at radius 1 is 1.33 bits per heavy atom. The summed E-state index contributed by atoms with van der Waals surface area (Å²) in [6.07, 6.45) is 0. The zero-order valence-electron chi connectivity index (χ0n) is 11.2. The van der Waals surface area contributed by atoms with E-state index in [0.717, 1.165) is 5.56 Å². The number of nitrogens with zero attached hydrogens (tertiary/aromatic N) is 1. The number of ether oxygens (including phenoxy) is 1. The number of hydrogen-bond acceptors (Lipinski definition) is 3. The van der Waals surface area contributed by atoms with Crippen molar-refractivity contribution in [3.8, 4) is 0 Å². The molecule has 0 fully saturated rings. The number of benzene rings is 1. The molecule has 0 N–H and O–H groups in total. The van der Waals surface area contributed by atoms with Crippen molar-refractivity contribution in [2.75, 3.05) is 7.11 Å². The second-order valence-electron chi connectivity index (χ2n) is 3.24. The van der Waals surface area contributed by atoms with Gasteiger partial charge in [0, 0.05) is 10.6 Å². The van der Waals surface area contributed by atoms with Crippen LogP contribution < -0.4 is 0 Å². The molecule has 0 saturated heterocycles. The molecule has 1 rings (SSSR count). The summed E-state index contributed by atoms with van der Waals surface area (Å²) in [7, 11) is 1.33. The van der Waals surface area contributed by atoms with E-state index in [2.05, 4.69) is 23.0 Å². The fourth-order valence-electron chi connectivity index (χ4n) is 1.37. The summed E-state index contributed by atoms with van der Waals surface area (Å²) in [5.74, 6) is -0.408. The third kappa shape index (κ3) is 3.70. The number of esters is 1. The van der Waals surface area contributed by atoms with Crippen LogP contribution in [0.3, 0.4) is 0 Å². The van der Waals surface area contributed by atoms with Gasteiger partial charge in [0.05, 0.1) is 18.4 Å². The van der Waals surface area contributed by atoms with Gasteiger partial charge in [0.1, 0.15) is 0 Å². The molecule has 0 aliphatic rings. The Morgan fingerprint density at radius 2 is 1.89 bits per heavy atom. The molecule has 0 aliphatic carbocycles. The third-order valence-corrected chi connectivity index (χ3v) is 2.41. The summed E-state index contributed by atoms with van der Waals surface area (Å²) in [6.45, 7) is 12.9. The van der Waals surface area contributed by atoms with Crippen LogP contribution in [0.5, 0.6) is 0 Å². The number of halogens is 1. The maximum atomic E-state index is 11.4. The minimum Gasteiger partial charge on any atom is -0.465 e. The van der Waals surface area contributed by atoms with Crippen LogP contribution in [0.1, 0.15) is 35.3 Å². The Labute approximate surface area is 113 Å². The van der Waals surface area contributed by atoms with Crippen molar-refractivity contribution in [2.45, 2.75) is 20.8 Å². The number of carbonyl (C=O) groups is 1. The van der Waals surface area contributed by atoms with Crippen LogP contribution in [-0.2, 0) is 4.74 Å². The molecule has 0 bridgehead atoms. The quantitative estimate of drug-likeness (QED) is 0.603. The Morgan fingerprint density at radius 3 is 2.28 bits per heavy atom. The van der Waals surface area contributed by atoms with Crippen molar-refractivity contribution in [1.82, 2.24) is 0 Å². The second kappa shape index (κ2) is 7.67. The molecule has 1 aromatic carbocycles. The number of carbonyl (C=O) groups excluding carboxylic acids is 1. The van der Waals surface area contributed by atoms with Gasteiger partial charge in [-0.1, -0.05) is 32.0 Å². The average molecular weight is 268 g/mol. The zero-order valence-corrected chi connectivity index (χ0v) is 12.0. The predicted molar refractivity (Wildman–Crippen MR) is 78.0 cm³/mol. The van der Waals surface area contributed by atoms with Crippen molar-refractivity contribution >= 4 is 35.0 Å². The molecule has 0 aliphatic heterocycles. The highest BCUT2D eigenvalue weighted by atomic mass is 35.5. The highest BCUT2D eigenvalue weighted by Gasteiger charge is 2.13. The van der Waals surface area contributed by atoms with Gasteiger partial charge < -0.3 is 4.74 Å². The Bertz CT molecular complexity index is 467. The molecule has 4 heteroatoms. The third-order valence-electron chi connectivity index (χ3n) is 2.21. The van der Waals surface area contributed by atoms with Gasteiger partial charge in [0.15, 0.2) is 0 Å². The lowest BCUT2D eigenvalue weighted by Crippen LogP contribution is -2.04. The van der Waals surface area contributed by atoms with Gasteiger partial charge in [-0.15, -0.1) is 0 Å². The first-order chi connectivity index (χ1) is 8.51. The second-order valence-corrected chi connectivity index (χ2v) is 3.70. The molecule has 0 atom stereocenters. The number of aliphatic imine (C=N–C) groups is 1. The summed E-state index contributed by atoms with van der Waals surface area (Å²) in [5, 5.41) is 0.363. The van der Waals surface area contributed by atoms with Crippen LogP contribution in [0.15, 0.2) is 23.7 Å². The lowest BCUT2D eigenvalue weighted by atomic mass is 10.0. The summed E-state index contributed by atoms with van der Waals surface area (Å²) >= 11 is 5.83. The zero-order chi connectivity index (χ0) is 14.3. The smallest absolute Gasteiger partial charge is 0.338 e. The first kappa shape index (κ1) is 16.4. The van der Waals surface area contributed by atoms with Crippen LogP contribution in [0, 0.1) is 6.92 Å². The standard InChI is InChI=1S/C12H12ClNO2.C2H6/c1-7-5-10(8(2)13)11(14-3)6-9(7)12(15)16-4;1-2/h5-6H,2-3H2,1,4H3;1-2H3. The minimum atomic E-state index is -0.408. The molecular weight excluding hydrogens is 250 g/mol. The minimum absolute atomic E-state index is 0.363.